The van der Waals surface area contributed by atoms with Gasteiger partial charge in [0.05, 0.1) is 39.2 Å². The Morgan fingerprint density at radius 2 is 1.67 bits per heavy atom. The van der Waals surface area contributed by atoms with Crippen molar-refractivity contribution in [3.8, 4) is 11.5 Å². The van der Waals surface area contributed by atoms with Crippen LogP contribution in [-0.2, 0) is 9.53 Å². The van der Waals surface area contributed by atoms with E-state index in [1.54, 1.807) is 14.2 Å². The number of methoxy groups -OCH3 is 2. The van der Waals surface area contributed by atoms with Crippen molar-refractivity contribution >= 4 is 33.2 Å². The van der Waals surface area contributed by atoms with Crippen LogP contribution in [-0.4, -0.2) is 62.7 Å². The highest BCUT2D eigenvalue weighted by molar-refractivity contribution is 7.20. The maximum atomic E-state index is 12.9. The van der Waals surface area contributed by atoms with E-state index in [1.165, 1.54) is 11.3 Å². The quantitative estimate of drug-likeness (QED) is 0.291. The molecule has 184 valence electrons. The first-order valence-corrected chi connectivity index (χ1v) is 12.1. The maximum absolute atomic E-state index is 12.9. The summed E-state index contributed by atoms with van der Waals surface area (Å²) in [6, 6.07) is 5.81. The van der Waals surface area contributed by atoms with Gasteiger partial charge in [-0.1, -0.05) is 0 Å². The number of benzene rings is 1. The van der Waals surface area contributed by atoms with Gasteiger partial charge < -0.3 is 35.7 Å². The fourth-order valence-corrected chi connectivity index (χ4v) is 5.38. The molecule has 1 aliphatic heterocycles. The molecular formula is C25H36BrNO5S. The van der Waals surface area contributed by atoms with E-state index in [0.717, 1.165) is 51.8 Å². The predicted molar refractivity (Wildman–Crippen MR) is 128 cm³/mol. The summed E-state index contributed by atoms with van der Waals surface area (Å²) in [4.78, 5) is 25.9. The number of Topliss-reactive ketones (excluding diaryl/α,β-unsaturated/α-hetero) is 1. The Balaban J connectivity index is 0.00000385. The lowest BCUT2D eigenvalue weighted by molar-refractivity contribution is -0.908. The van der Waals surface area contributed by atoms with Gasteiger partial charge in [0, 0.05) is 17.2 Å². The van der Waals surface area contributed by atoms with Gasteiger partial charge in [0.2, 0.25) is 0 Å². The van der Waals surface area contributed by atoms with Crippen LogP contribution in [0.25, 0.3) is 10.1 Å². The molecule has 0 atom stereocenters. The number of ketones is 1. The van der Waals surface area contributed by atoms with Crippen LogP contribution < -0.4 is 26.5 Å². The highest BCUT2D eigenvalue weighted by Gasteiger charge is 2.34. The van der Waals surface area contributed by atoms with E-state index in [-0.39, 0.29) is 28.7 Å². The minimum atomic E-state index is -0.447. The van der Waals surface area contributed by atoms with E-state index in [9.17, 15) is 9.59 Å². The van der Waals surface area contributed by atoms with Crippen molar-refractivity contribution in [2.75, 3.05) is 40.9 Å². The molecule has 0 spiro atoms. The number of likely N-dealkylation sites (N-methyl/N-ethyl adjacent to an activating group) is 1. The third kappa shape index (κ3) is 7.42. The van der Waals surface area contributed by atoms with Gasteiger partial charge in [-0.05, 0) is 63.5 Å². The zero-order valence-electron chi connectivity index (χ0n) is 20.5. The fourth-order valence-electron chi connectivity index (χ4n) is 4.34. The highest BCUT2D eigenvalue weighted by atomic mass is 79.9. The number of hydrogen-bond donors (Lipinski definition) is 0. The van der Waals surface area contributed by atoms with Crippen molar-refractivity contribution in [2.45, 2.75) is 52.1 Å². The molecule has 1 fully saturated rings. The second-order valence-electron chi connectivity index (χ2n) is 10.1. The third-order valence-corrected chi connectivity index (χ3v) is 7.30. The monoisotopic (exact) mass is 541 g/mol. The van der Waals surface area contributed by atoms with Crippen molar-refractivity contribution in [2.24, 2.45) is 5.92 Å². The number of quaternary nitrogens is 1. The molecule has 2 heterocycles. The molecule has 0 aliphatic carbocycles. The summed E-state index contributed by atoms with van der Waals surface area (Å²) < 4.78 is 18.0. The number of hydrogen-bond acceptors (Lipinski definition) is 6. The lowest BCUT2D eigenvalue weighted by atomic mass is 9.90. The van der Waals surface area contributed by atoms with E-state index >= 15 is 0 Å². The number of carbonyl (C=O) groups excluding carboxylic acids is 2. The largest absolute Gasteiger partial charge is 1.00 e. The molecule has 2 aromatic rings. The molecule has 1 aromatic heterocycles. The average molecular weight is 543 g/mol. The van der Waals surface area contributed by atoms with Gasteiger partial charge in [0.25, 0.3) is 0 Å². The first-order valence-electron chi connectivity index (χ1n) is 11.3. The van der Waals surface area contributed by atoms with Crippen LogP contribution in [0.2, 0.25) is 0 Å². The molecule has 6 nitrogen and oxygen atoms in total. The first kappa shape index (κ1) is 27.6. The maximum Gasteiger partial charge on any atom is 0.362 e. The number of esters is 1. The van der Waals surface area contributed by atoms with Crippen LogP contribution in [0.15, 0.2) is 18.2 Å². The molecule has 0 radical (unpaired) electrons. The highest BCUT2D eigenvalue weighted by Crippen LogP contribution is 2.37. The summed E-state index contributed by atoms with van der Waals surface area (Å²) in [5.74, 6) is 1.94. The lowest BCUT2D eigenvalue weighted by Crippen LogP contribution is -3.00. The lowest BCUT2D eigenvalue weighted by Gasteiger charge is -2.40. The summed E-state index contributed by atoms with van der Waals surface area (Å²) in [6.07, 6.45) is 3.52. The molecule has 0 N–H and O–H groups in total. The standard InChI is InChI=1S/C25H36NO5S.BrH/c1-25(2,3)31-24(28)16-26(4)11-9-17(10-12-26)7-8-19(27)23-14-18-13-20(29-5)21(30-6)15-22(18)32-23;/h13-15,17H,7-12,16H2,1-6H3;1H/q+1;/p-1. The van der Waals surface area contributed by atoms with Crippen LogP contribution in [0.1, 0.15) is 56.1 Å². The molecular weight excluding hydrogens is 506 g/mol. The van der Waals surface area contributed by atoms with Crippen molar-refractivity contribution in [1.82, 2.24) is 0 Å². The molecule has 0 unspecified atom stereocenters. The fraction of sp³-hybridized carbons (Fsp3) is 0.600. The van der Waals surface area contributed by atoms with E-state index in [1.807, 2.05) is 39.0 Å². The number of rotatable bonds is 8. The van der Waals surface area contributed by atoms with Crippen molar-refractivity contribution in [3.05, 3.63) is 23.1 Å². The molecule has 0 bridgehead atoms. The van der Waals surface area contributed by atoms with E-state index in [4.69, 9.17) is 14.2 Å². The Kier molecular flexibility index (Phi) is 9.36. The SMILES string of the molecule is COc1cc2cc(C(=O)CCC3CC[N+](C)(CC(=O)OC(C)(C)C)CC3)sc2cc1OC.[Br-]. The van der Waals surface area contributed by atoms with E-state index in [2.05, 4.69) is 7.05 Å². The summed E-state index contributed by atoms with van der Waals surface area (Å²) in [5.41, 5.74) is -0.447. The number of halogens is 1. The van der Waals surface area contributed by atoms with Crippen molar-refractivity contribution in [3.63, 3.8) is 0 Å². The van der Waals surface area contributed by atoms with Crippen molar-refractivity contribution < 1.29 is 45.3 Å². The summed E-state index contributed by atoms with van der Waals surface area (Å²) >= 11 is 1.51. The summed E-state index contributed by atoms with van der Waals surface area (Å²) in [6.45, 7) is 8.01. The van der Waals surface area contributed by atoms with Gasteiger partial charge in [-0.25, -0.2) is 4.79 Å². The summed E-state index contributed by atoms with van der Waals surface area (Å²) in [5, 5.41) is 1.00. The van der Waals surface area contributed by atoms with Gasteiger partial charge in [0.1, 0.15) is 5.60 Å². The molecule has 33 heavy (non-hydrogen) atoms. The zero-order valence-corrected chi connectivity index (χ0v) is 22.9. The molecule has 0 amide bonds. The summed E-state index contributed by atoms with van der Waals surface area (Å²) in [7, 11) is 5.36. The van der Waals surface area contributed by atoms with Crippen LogP contribution in [0.5, 0.6) is 11.5 Å². The Morgan fingerprint density at radius 1 is 1.06 bits per heavy atom. The number of nitrogens with zero attached hydrogens (tertiary/aromatic N) is 1. The molecule has 1 aliphatic rings. The van der Waals surface area contributed by atoms with Gasteiger partial charge in [-0.3, -0.25) is 4.79 Å². The smallest absolute Gasteiger partial charge is 0.362 e. The number of likely N-dealkylation sites (tertiary alicyclic amines) is 1. The normalized spacial score (nSPS) is 20.7. The second-order valence-corrected chi connectivity index (χ2v) is 11.2. The van der Waals surface area contributed by atoms with Crippen LogP contribution in [0, 0.1) is 5.92 Å². The van der Waals surface area contributed by atoms with Crippen LogP contribution in [0.4, 0.5) is 0 Å². The molecule has 0 saturated carbocycles. The zero-order chi connectivity index (χ0) is 23.5. The minimum Gasteiger partial charge on any atom is -1.00 e. The Hall–Kier alpha value is -1.64. The first-order chi connectivity index (χ1) is 15.0. The number of fused-ring (bicyclic) bond motifs is 1. The second kappa shape index (κ2) is 11.2. The number of carbonyl (C=O) groups is 2. The average Bonchev–Trinajstić information content (AvgIpc) is 3.13. The Morgan fingerprint density at radius 3 is 2.24 bits per heavy atom. The van der Waals surface area contributed by atoms with Gasteiger partial charge in [-0.2, -0.15) is 0 Å². The van der Waals surface area contributed by atoms with E-state index in [0.29, 0.717) is 30.4 Å². The number of thiophene rings is 1. The third-order valence-electron chi connectivity index (χ3n) is 6.16. The van der Waals surface area contributed by atoms with Gasteiger partial charge in [-0.15, -0.1) is 11.3 Å². The Labute approximate surface area is 211 Å². The Bertz CT molecular complexity index is 932. The molecule has 1 aromatic carbocycles. The van der Waals surface area contributed by atoms with Crippen LogP contribution in [0.3, 0.4) is 0 Å². The van der Waals surface area contributed by atoms with E-state index < -0.39 is 5.60 Å². The number of piperidine rings is 1. The van der Waals surface area contributed by atoms with Gasteiger partial charge in [0.15, 0.2) is 23.8 Å². The minimum absolute atomic E-state index is 0. The van der Waals surface area contributed by atoms with Crippen molar-refractivity contribution in [1.29, 1.82) is 0 Å². The number of ether oxygens (including phenoxy) is 3. The molecule has 8 heteroatoms. The van der Waals surface area contributed by atoms with Gasteiger partial charge >= 0.3 is 5.97 Å². The predicted octanol–water partition coefficient (Wildman–Crippen LogP) is 2.08. The molecule has 1 saturated heterocycles. The van der Waals surface area contributed by atoms with Crippen LogP contribution >= 0.6 is 11.3 Å². The topological polar surface area (TPSA) is 61.8 Å². The molecule has 3 rings (SSSR count).